The van der Waals surface area contributed by atoms with Crippen LogP contribution in [0.25, 0.3) is 21.3 Å². The molecule has 4 aromatic rings. The van der Waals surface area contributed by atoms with Gasteiger partial charge in [-0.25, -0.2) is 15.0 Å². The zero-order chi connectivity index (χ0) is 16.8. The van der Waals surface area contributed by atoms with Gasteiger partial charge in [0.25, 0.3) is 0 Å². The van der Waals surface area contributed by atoms with Crippen molar-refractivity contribution in [2.75, 3.05) is 5.32 Å². The second-order valence-corrected chi connectivity index (χ2v) is 7.29. The van der Waals surface area contributed by atoms with Crippen LogP contribution in [-0.4, -0.2) is 31.4 Å². The van der Waals surface area contributed by atoms with Gasteiger partial charge in [-0.1, -0.05) is 0 Å². The lowest BCUT2D eigenvalue weighted by atomic mass is 9.89. The van der Waals surface area contributed by atoms with E-state index in [9.17, 15) is 4.79 Å². The fourth-order valence-electron chi connectivity index (χ4n) is 3.39. The Morgan fingerprint density at radius 3 is 3.16 bits per heavy atom. The van der Waals surface area contributed by atoms with Gasteiger partial charge in [0.2, 0.25) is 0 Å². The van der Waals surface area contributed by atoms with Crippen LogP contribution in [0.4, 0.5) is 11.5 Å². The van der Waals surface area contributed by atoms with Crippen molar-refractivity contribution in [1.29, 1.82) is 0 Å². The minimum Gasteiger partial charge on any atom is -0.338 e. The number of pyridine rings is 1. The first kappa shape index (κ1) is 14.5. The third kappa shape index (κ3) is 2.37. The van der Waals surface area contributed by atoms with E-state index in [1.807, 2.05) is 6.07 Å². The summed E-state index contributed by atoms with van der Waals surface area (Å²) in [6.07, 6.45) is 8.74. The number of nitrogens with zero attached hydrogens (tertiary/aromatic N) is 4. The van der Waals surface area contributed by atoms with Gasteiger partial charge in [-0.2, -0.15) is 5.10 Å². The highest BCUT2D eigenvalue weighted by Gasteiger charge is 2.24. The molecule has 0 fully saturated rings. The largest absolute Gasteiger partial charge is 0.338 e. The number of anilines is 2. The molecule has 25 heavy (non-hydrogen) atoms. The van der Waals surface area contributed by atoms with E-state index in [0.717, 1.165) is 58.3 Å². The van der Waals surface area contributed by atoms with E-state index in [1.165, 1.54) is 10.4 Å². The van der Waals surface area contributed by atoms with Crippen molar-refractivity contribution in [1.82, 2.24) is 25.1 Å². The average Bonchev–Trinajstić information content (AvgIpc) is 3.25. The van der Waals surface area contributed by atoms with Crippen molar-refractivity contribution >= 4 is 50.4 Å². The van der Waals surface area contributed by atoms with Crippen molar-refractivity contribution in [3.8, 4) is 0 Å². The Morgan fingerprint density at radius 1 is 1.28 bits per heavy atom. The minimum atomic E-state index is 0.123. The van der Waals surface area contributed by atoms with Crippen LogP contribution in [0.15, 0.2) is 24.8 Å². The van der Waals surface area contributed by atoms with Gasteiger partial charge in [0, 0.05) is 16.2 Å². The van der Waals surface area contributed by atoms with Crippen molar-refractivity contribution < 1.29 is 4.79 Å². The van der Waals surface area contributed by atoms with E-state index in [0.29, 0.717) is 0 Å². The number of H-pyrrole nitrogens is 1. The molecule has 1 aliphatic carbocycles. The Bertz CT molecular complexity index is 1100. The van der Waals surface area contributed by atoms with E-state index in [1.54, 1.807) is 30.1 Å². The first-order chi connectivity index (χ1) is 12.3. The first-order valence-electron chi connectivity index (χ1n) is 8.08. The number of fused-ring (bicyclic) bond motifs is 4. The highest BCUT2D eigenvalue weighted by atomic mass is 32.1. The number of aldehydes is 1. The molecule has 1 atom stereocenters. The van der Waals surface area contributed by atoms with Crippen molar-refractivity contribution in [2.24, 2.45) is 5.92 Å². The summed E-state index contributed by atoms with van der Waals surface area (Å²) in [5, 5.41) is 12.2. The fourth-order valence-corrected chi connectivity index (χ4v) is 4.67. The van der Waals surface area contributed by atoms with Crippen LogP contribution in [0.5, 0.6) is 0 Å². The molecule has 0 saturated carbocycles. The molecule has 0 amide bonds. The maximum Gasteiger partial charge on any atom is 0.155 e. The normalized spacial score (nSPS) is 16.9. The highest BCUT2D eigenvalue weighted by Crippen LogP contribution is 2.40. The lowest BCUT2D eigenvalue weighted by Crippen LogP contribution is -2.13. The zero-order valence-corrected chi connectivity index (χ0v) is 14.0. The van der Waals surface area contributed by atoms with E-state index in [-0.39, 0.29) is 5.92 Å². The summed E-state index contributed by atoms with van der Waals surface area (Å²) in [5.74, 6) is 0.911. The number of nitrogens with one attached hydrogen (secondary N) is 2. The Morgan fingerprint density at radius 2 is 2.24 bits per heavy atom. The molecule has 0 saturated heterocycles. The number of hydrogen-bond donors (Lipinski definition) is 2. The Hall–Kier alpha value is -2.87. The van der Waals surface area contributed by atoms with Crippen LogP contribution < -0.4 is 5.32 Å². The van der Waals surface area contributed by atoms with Gasteiger partial charge >= 0.3 is 0 Å². The molecule has 7 nitrogen and oxygen atoms in total. The molecule has 0 aromatic carbocycles. The van der Waals surface area contributed by atoms with E-state index in [2.05, 4.69) is 30.5 Å². The van der Waals surface area contributed by atoms with Crippen molar-refractivity contribution in [2.45, 2.75) is 19.3 Å². The van der Waals surface area contributed by atoms with Crippen LogP contribution in [0.2, 0.25) is 0 Å². The maximum absolute atomic E-state index is 11.1. The van der Waals surface area contributed by atoms with Crippen molar-refractivity contribution in [3.05, 3.63) is 35.2 Å². The number of hydrogen-bond acceptors (Lipinski definition) is 7. The molecule has 4 heterocycles. The highest BCUT2D eigenvalue weighted by molar-refractivity contribution is 7.19. The summed E-state index contributed by atoms with van der Waals surface area (Å²) in [5.41, 5.74) is 2.89. The third-order valence-corrected chi connectivity index (χ3v) is 5.79. The predicted octanol–water partition coefficient (Wildman–Crippen LogP) is 3.01. The van der Waals surface area contributed by atoms with Gasteiger partial charge in [0.15, 0.2) is 5.65 Å². The quantitative estimate of drug-likeness (QED) is 0.551. The lowest BCUT2D eigenvalue weighted by Gasteiger charge is -2.17. The molecule has 1 aliphatic rings. The Labute approximate surface area is 146 Å². The van der Waals surface area contributed by atoms with Crippen LogP contribution in [-0.2, 0) is 17.6 Å². The molecule has 0 bridgehead atoms. The summed E-state index contributed by atoms with van der Waals surface area (Å²) >= 11 is 1.67. The number of thiophene rings is 1. The zero-order valence-electron chi connectivity index (χ0n) is 13.2. The molecule has 0 aliphatic heterocycles. The van der Waals surface area contributed by atoms with E-state index >= 15 is 0 Å². The van der Waals surface area contributed by atoms with Gasteiger partial charge < -0.3 is 10.1 Å². The molecule has 0 unspecified atom stereocenters. The molecule has 4 aromatic heterocycles. The lowest BCUT2D eigenvalue weighted by molar-refractivity contribution is -0.111. The third-order valence-electron chi connectivity index (χ3n) is 4.63. The first-order valence-corrected chi connectivity index (χ1v) is 8.90. The molecular formula is C17H14N6OS. The summed E-state index contributed by atoms with van der Waals surface area (Å²) in [7, 11) is 0. The number of carbonyl (C=O) groups is 1. The maximum atomic E-state index is 11.1. The monoisotopic (exact) mass is 350 g/mol. The molecule has 8 heteroatoms. The van der Waals surface area contributed by atoms with Crippen molar-refractivity contribution in [3.63, 3.8) is 0 Å². The summed E-state index contributed by atoms with van der Waals surface area (Å²) in [6.45, 7) is 0. The molecule has 2 N–H and O–H groups in total. The molecule has 0 spiro atoms. The average molecular weight is 350 g/mol. The SMILES string of the molecule is O=C[C@H]1CCc2c(sc3ncnc(Nc4cnc5[nH]ncc5c4)c23)C1. The van der Waals surface area contributed by atoms with Gasteiger partial charge in [0.1, 0.15) is 23.3 Å². The second-order valence-electron chi connectivity index (χ2n) is 6.20. The number of carbonyl (C=O) groups excluding carboxylic acids is 1. The predicted molar refractivity (Wildman–Crippen MR) is 96.2 cm³/mol. The van der Waals surface area contributed by atoms with Crippen LogP contribution >= 0.6 is 11.3 Å². The number of aryl methyl sites for hydroxylation is 1. The smallest absolute Gasteiger partial charge is 0.155 e. The molecule has 124 valence electrons. The minimum absolute atomic E-state index is 0.123. The van der Waals surface area contributed by atoms with Gasteiger partial charge in [-0.05, 0) is 30.9 Å². The standard InChI is InChI=1S/C17H14N6OS/c24-7-9-1-2-12-13(3-9)25-17-14(12)16(19-8-20-17)22-11-4-10-5-21-23-15(10)18-6-11/h4-9H,1-3H2,(H,18,21,23)(H,19,20,22)/t9-/m0/s1. The fraction of sp³-hybridized carbons (Fsp3) is 0.235. The molecule has 0 radical (unpaired) electrons. The number of aromatic nitrogens is 5. The summed E-state index contributed by atoms with van der Waals surface area (Å²) < 4.78 is 0. The van der Waals surface area contributed by atoms with Crippen LogP contribution in [0, 0.1) is 5.92 Å². The van der Waals surface area contributed by atoms with Gasteiger partial charge in [-0.3, -0.25) is 5.10 Å². The topological polar surface area (TPSA) is 96.5 Å². The van der Waals surface area contributed by atoms with Gasteiger partial charge in [-0.15, -0.1) is 11.3 Å². The van der Waals surface area contributed by atoms with Crippen LogP contribution in [0.3, 0.4) is 0 Å². The number of rotatable bonds is 3. The molecule has 5 rings (SSSR count). The molecular weight excluding hydrogens is 336 g/mol. The van der Waals surface area contributed by atoms with E-state index in [4.69, 9.17) is 0 Å². The summed E-state index contributed by atoms with van der Waals surface area (Å²) in [6, 6.07) is 1.99. The Kier molecular flexibility index (Phi) is 3.24. The number of aromatic amines is 1. The van der Waals surface area contributed by atoms with Crippen LogP contribution in [0.1, 0.15) is 16.9 Å². The summed E-state index contributed by atoms with van der Waals surface area (Å²) in [4.78, 5) is 26.6. The van der Waals surface area contributed by atoms with E-state index < -0.39 is 0 Å². The second kappa shape index (κ2) is 5.59. The van der Waals surface area contributed by atoms with Gasteiger partial charge in [0.05, 0.1) is 23.5 Å². The Balaban J connectivity index is 1.59.